The normalized spacial score (nSPS) is 14.7. The molecule has 150 valence electrons. The number of nitrogens with zero attached hydrogens (tertiary/aromatic N) is 2. The van der Waals surface area contributed by atoms with Crippen molar-refractivity contribution >= 4 is 11.9 Å². The predicted octanol–water partition coefficient (Wildman–Crippen LogP) is 1.19. The minimum absolute atomic E-state index is 0.180. The highest BCUT2D eigenvalue weighted by Gasteiger charge is 2.21. The van der Waals surface area contributed by atoms with Crippen LogP contribution >= 0.6 is 0 Å². The van der Waals surface area contributed by atoms with E-state index in [4.69, 9.17) is 15.2 Å². The number of methoxy groups -OCH3 is 2. The first-order valence-electron chi connectivity index (χ1n) is 9.28. The molecule has 0 atom stereocenters. The predicted molar refractivity (Wildman–Crippen MR) is 103 cm³/mol. The number of rotatable bonds is 9. The lowest BCUT2D eigenvalue weighted by atomic mass is 10.1. The zero-order valence-corrected chi connectivity index (χ0v) is 16.2. The summed E-state index contributed by atoms with van der Waals surface area (Å²) in [5.74, 6) is 1.64. The van der Waals surface area contributed by atoms with Gasteiger partial charge in [-0.15, -0.1) is 0 Å². The lowest BCUT2D eigenvalue weighted by Gasteiger charge is -2.35. The Kier molecular flexibility index (Phi) is 8.19. The second kappa shape index (κ2) is 10.6. The molecule has 8 heteroatoms. The van der Waals surface area contributed by atoms with Crippen molar-refractivity contribution in [2.75, 3.05) is 46.9 Å². The fourth-order valence-electron chi connectivity index (χ4n) is 3.16. The highest BCUT2D eigenvalue weighted by Crippen LogP contribution is 2.28. The van der Waals surface area contributed by atoms with Gasteiger partial charge in [-0.05, 0) is 30.5 Å². The molecule has 8 nitrogen and oxygen atoms in total. The van der Waals surface area contributed by atoms with E-state index in [0.717, 1.165) is 62.6 Å². The van der Waals surface area contributed by atoms with Gasteiger partial charge < -0.3 is 25.4 Å². The Morgan fingerprint density at radius 2 is 1.78 bits per heavy atom. The number of ether oxygens (including phenoxy) is 2. The summed E-state index contributed by atoms with van der Waals surface area (Å²) >= 11 is 0. The monoisotopic (exact) mass is 378 g/mol. The largest absolute Gasteiger partial charge is 0.493 e. The molecule has 3 N–H and O–H groups in total. The number of nitrogens with two attached hydrogens (primary N) is 1. The third-order valence-electron chi connectivity index (χ3n) is 4.70. The maximum atomic E-state index is 12.3. The molecule has 2 rings (SSSR count). The van der Waals surface area contributed by atoms with E-state index in [9.17, 15) is 9.59 Å². The Morgan fingerprint density at radius 3 is 2.41 bits per heavy atom. The van der Waals surface area contributed by atoms with E-state index in [-0.39, 0.29) is 5.91 Å². The smallest absolute Gasteiger partial charge is 0.312 e. The first-order valence-corrected chi connectivity index (χ1v) is 9.28. The van der Waals surface area contributed by atoms with Crippen molar-refractivity contribution in [1.82, 2.24) is 15.1 Å². The molecular weight excluding hydrogens is 348 g/mol. The number of benzene rings is 1. The Morgan fingerprint density at radius 1 is 1.07 bits per heavy atom. The summed E-state index contributed by atoms with van der Waals surface area (Å²) < 4.78 is 10.6. The molecular formula is C19H30N4O4. The van der Waals surface area contributed by atoms with Gasteiger partial charge in [-0.25, -0.2) is 4.79 Å². The van der Waals surface area contributed by atoms with Crippen molar-refractivity contribution in [1.29, 1.82) is 0 Å². The zero-order chi connectivity index (χ0) is 19.6. The number of piperazine rings is 1. The molecule has 1 aliphatic rings. The third-order valence-corrected chi connectivity index (χ3v) is 4.70. The van der Waals surface area contributed by atoms with Gasteiger partial charge >= 0.3 is 6.03 Å². The van der Waals surface area contributed by atoms with Crippen molar-refractivity contribution in [2.45, 2.75) is 25.8 Å². The highest BCUT2D eigenvalue weighted by molar-refractivity contribution is 5.76. The third kappa shape index (κ3) is 6.63. The lowest BCUT2D eigenvalue weighted by molar-refractivity contribution is -0.133. The molecule has 1 saturated heterocycles. The summed E-state index contributed by atoms with van der Waals surface area (Å²) in [4.78, 5) is 27.1. The summed E-state index contributed by atoms with van der Waals surface area (Å²) in [5, 5.41) is 2.53. The first kappa shape index (κ1) is 20.8. The van der Waals surface area contributed by atoms with Gasteiger partial charge in [0.1, 0.15) is 0 Å². The number of urea groups is 1. The van der Waals surface area contributed by atoms with Crippen LogP contribution in [0.15, 0.2) is 18.2 Å². The quantitative estimate of drug-likeness (QED) is 0.629. The van der Waals surface area contributed by atoms with Gasteiger partial charge in [0.05, 0.1) is 14.2 Å². The van der Waals surface area contributed by atoms with E-state index in [1.807, 2.05) is 23.1 Å². The van der Waals surface area contributed by atoms with E-state index in [0.29, 0.717) is 13.0 Å². The number of hydrogen-bond donors (Lipinski definition) is 2. The summed E-state index contributed by atoms with van der Waals surface area (Å²) in [6.45, 7) is 4.52. The van der Waals surface area contributed by atoms with Gasteiger partial charge in [0.25, 0.3) is 0 Å². The Hall–Kier alpha value is -2.48. The zero-order valence-electron chi connectivity index (χ0n) is 16.2. The standard InChI is InChI=1S/C19H30N4O4/c1-26-16-7-6-15(13-17(16)27-2)14-22-9-11-23(12-10-22)18(24)5-3-4-8-21-19(20)25/h6-7,13H,3-5,8-12,14H2,1-2H3,(H3,20,21,25). The molecule has 1 heterocycles. The molecule has 3 amide bonds. The fourth-order valence-corrected chi connectivity index (χ4v) is 3.16. The van der Waals surface area contributed by atoms with Crippen LogP contribution in [-0.2, 0) is 11.3 Å². The van der Waals surface area contributed by atoms with Gasteiger partial charge in [-0.1, -0.05) is 6.07 Å². The Balaban J connectivity index is 1.72. The van der Waals surface area contributed by atoms with Gasteiger partial charge in [-0.3, -0.25) is 9.69 Å². The molecule has 0 unspecified atom stereocenters. The summed E-state index contributed by atoms with van der Waals surface area (Å²) in [7, 11) is 3.26. The van der Waals surface area contributed by atoms with Gasteiger partial charge in [-0.2, -0.15) is 0 Å². The van der Waals surface area contributed by atoms with Crippen LogP contribution < -0.4 is 20.5 Å². The molecule has 1 aromatic rings. The number of primary amides is 1. The molecule has 0 aliphatic carbocycles. The molecule has 1 aromatic carbocycles. The number of nitrogens with one attached hydrogen (secondary N) is 1. The van der Waals surface area contributed by atoms with Crippen LogP contribution in [0.5, 0.6) is 11.5 Å². The van der Waals surface area contributed by atoms with Crippen LogP contribution in [0, 0.1) is 0 Å². The van der Waals surface area contributed by atoms with Crippen LogP contribution in [0.3, 0.4) is 0 Å². The number of unbranched alkanes of at least 4 members (excludes halogenated alkanes) is 1. The molecule has 0 radical (unpaired) electrons. The van der Waals surface area contributed by atoms with Crippen LogP contribution in [-0.4, -0.2) is 68.7 Å². The second-order valence-corrected chi connectivity index (χ2v) is 6.59. The number of hydrogen-bond acceptors (Lipinski definition) is 5. The second-order valence-electron chi connectivity index (χ2n) is 6.59. The maximum absolute atomic E-state index is 12.3. The molecule has 1 fully saturated rings. The highest BCUT2D eigenvalue weighted by atomic mass is 16.5. The molecule has 1 aliphatic heterocycles. The van der Waals surface area contributed by atoms with Gasteiger partial charge in [0, 0.05) is 45.7 Å². The topological polar surface area (TPSA) is 97.1 Å². The summed E-state index contributed by atoms with van der Waals surface area (Å²) in [5.41, 5.74) is 6.17. The lowest BCUT2D eigenvalue weighted by Crippen LogP contribution is -2.48. The summed E-state index contributed by atoms with van der Waals surface area (Å²) in [6, 6.07) is 5.43. The number of carbonyl (C=O) groups excluding carboxylic acids is 2. The molecule has 0 saturated carbocycles. The SMILES string of the molecule is COc1ccc(CN2CCN(C(=O)CCCCNC(N)=O)CC2)cc1OC. The average Bonchev–Trinajstić information content (AvgIpc) is 2.67. The number of carbonyl (C=O) groups is 2. The van der Waals surface area contributed by atoms with Crippen LogP contribution in [0.25, 0.3) is 0 Å². The van der Waals surface area contributed by atoms with Crippen molar-refractivity contribution in [3.8, 4) is 11.5 Å². The number of amides is 3. The van der Waals surface area contributed by atoms with Gasteiger partial charge in [0.2, 0.25) is 5.91 Å². The van der Waals surface area contributed by atoms with E-state index < -0.39 is 6.03 Å². The van der Waals surface area contributed by atoms with E-state index in [1.54, 1.807) is 14.2 Å². The van der Waals surface area contributed by atoms with Crippen molar-refractivity contribution in [2.24, 2.45) is 5.73 Å². The minimum Gasteiger partial charge on any atom is -0.493 e. The van der Waals surface area contributed by atoms with Crippen molar-refractivity contribution in [3.63, 3.8) is 0 Å². The summed E-state index contributed by atoms with van der Waals surface area (Å²) in [6.07, 6.45) is 2.02. The van der Waals surface area contributed by atoms with Crippen LogP contribution in [0.1, 0.15) is 24.8 Å². The molecule has 0 spiro atoms. The van der Waals surface area contributed by atoms with Crippen LogP contribution in [0.4, 0.5) is 4.79 Å². The van der Waals surface area contributed by atoms with E-state index in [1.165, 1.54) is 0 Å². The van der Waals surface area contributed by atoms with Crippen LogP contribution in [0.2, 0.25) is 0 Å². The van der Waals surface area contributed by atoms with Crippen molar-refractivity contribution in [3.05, 3.63) is 23.8 Å². The Bertz CT molecular complexity index is 630. The van der Waals surface area contributed by atoms with Crippen molar-refractivity contribution < 1.29 is 19.1 Å². The average molecular weight is 378 g/mol. The first-order chi connectivity index (χ1) is 13.0. The minimum atomic E-state index is -0.521. The van der Waals surface area contributed by atoms with Gasteiger partial charge in [0.15, 0.2) is 11.5 Å². The Labute approximate surface area is 160 Å². The molecule has 0 bridgehead atoms. The molecule has 27 heavy (non-hydrogen) atoms. The maximum Gasteiger partial charge on any atom is 0.312 e. The fraction of sp³-hybridized carbons (Fsp3) is 0.579. The van der Waals surface area contributed by atoms with E-state index >= 15 is 0 Å². The van der Waals surface area contributed by atoms with E-state index in [2.05, 4.69) is 10.2 Å². The molecule has 0 aromatic heterocycles.